The molecule has 1 aliphatic rings. The van der Waals surface area contributed by atoms with Gasteiger partial charge in [-0.05, 0) is 12.1 Å². The predicted molar refractivity (Wildman–Crippen MR) is 73.0 cm³/mol. The van der Waals surface area contributed by atoms with Crippen LogP contribution in [-0.2, 0) is 4.74 Å². The van der Waals surface area contributed by atoms with E-state index in [1.807, 2.05) is 0 Å². The summed E-state index contributed by atoms with van der Waals surface area (Å²) in [5, 5.41) is 53.4. The van der Waals surface area contributed by atoms with Gasteiger partial charge in [0.2, 0.25) is 0 Å². The van der Waals surface area contributed by atoms with Crippen molar-refractivity contribution in [1.82, 2.24) is 0 Å². The van der Waals surface area contributed by atoms with Crippen LogP contribution >= 0.6 is 0 Å². The van der Waals surface area contributed by atoms with E-state index in [4.69, 9.17) is 30.9 Å². The number of carboxylic acid groups (broad SMARTS) is 1. The summed E-state index contributed by atoms with van der Waals surface area (Å²) in [6.45, 7) is -0.470. The lowest BCUT2D eigenvalue weighted by atomic mass is 9.98. The second-order valence-electron chi connectivity index (χ2n) is 4.63. The summed E-state index contributed by atoms with van der Waals surface area (Å²) >= 11 is 0. The lowest BCUT2D eigenvalue weighted by Crippen LogP contribution is -2.61. The number of hydrogen-bond acceptors (Lipinski definition) is 8. The number of para-hydroxylation sites is 1. The zero-order valence-corrected chi connectivity index (χ0v) is 11.5. The van der Waals surface area contributed by atoms with Gasteiger partial charge in [0.1, 0.15) is 29.6 Å². The number of aromatic hydroxyl groups is 1. The van der Waals surface area contributed by atoms with Crippen molar-refractivity contribution in [2.45, 2.75) is 30.6 Å². The number of nitrogens with two attached hydrogens (primary N) is 1. The van der Waals surface area contributed by atoms with Gasteiger partial charge in [0, 0.05) is 0 Å². The van der Waals surface area contributed by atoms with Crippen molar-refractivity contribution < 1.29 is 40.2 Å². The van der Waals surface area contributed by atoms with Gasteiger partial charge in [0.15, 0.2) is 6.29 Å². The van der Waals surface area contributed by atoms with E-state index in [9.17, 15) is 15.0 Å². The molecule has 8 N–H and O–H groups in total. The summed E-state index contributed by atoms with van der Waals surface area (Å²) in [5.74, 6) is -1.31. The molecule has 0 radical (unpaired) electrons. The van der Waals surface area contributed by atoms with Crippen molar-refractivity contribution in [3.05, 3.63) is 29.8 Å². The van der Waals surface area contributed by atoms with E-state index in [-0.39, 0.29) is 11.3 Å². The predicted octanol–water partition coefficient (Wildman–Crippen LogP) is -2.16. The average molecular weight is 317 g/mol. The molecule has 0 spiro atoms. The first-order chi connectivity index (χ1) is 10.3. The molecule has 1 aliphatic heterocycles. The van der Waals surface area contributed by atoms with Gasteiger partial charge in [0.25, 0.3) is 0 Å². The molecule has 5 atom stereocenters. The van der Waals surface area contributed by atoms with Crippen LogP contribution in [0.1, 0.15) is 10.4 Å². The summed E-state index contributed by atoms with van der Waals surface area (Å²) in [5.41, 5.74) is 5.20. The van der Waals surface area contributed by atoms with Crippen LogP contribution in [0.25, 0.3) is 0 Å². The molecule has 9 nitrogen and oxygen atoms in total. The molecule has 1 heterocycles. The number of carboxylic acids is 1. The Balaban J connectivity index is 0.000000224. The fourth-order valence-electron chi connectivity index (χ4n) is 1.77. The van der Waals surface area contributed by atoms with Crippen molar-refractivity contribution in [2.24, 2.45) is 5.73 Å². The Bertz CT molecular complexity index is 492. The number of benzene rings is 1. The Morgan fingerprint density at radius 3 is 2.23 bits per heavy atom. The fourth-order valence-corrected chi connectivity index (χ4v) is 1.77. The molecule has 1 saturated heterocycles. The molecule has 0 aromatic heterocycles. The molecule has 0 bridgehead atoms. The molecule has 0 aliphatic carbocycles. The zero-order valence-electron chi connectivity index (χ0n) is 11.5. The monoisotopic (exact) mass is 317 g/mol. The number of phenols is 1. The van der Waals surface area contributed by atoms with Gasteiger partial charge < -0.3 is 41.1 Å². The third-order valence-corrected chi connectivity index (χ3v) is 3.08. The largest absolute Gasteiger partial charge is 0.507 e. The van der Waals surface area contributed by atoms with Crippen LogP contribution in [0.15, 0.2) is 24.3 Å². The fraction of sp³-hybridized carbons (Fsp3) is 0.462. The maximum atomic E-state index is 10.3. The van der Waals surface area contributed by atoms with E-state index in [0.717, 1.165) is 0 Å². The third-order valence-electron chi connectivity index (χ3n) is 3.08. The Labute approximate surface area is 125 Å². The van der Waals surface area contributed by atoms with Crippen LogP contribution in [0.5, 0.6) is 5.75 Å². The number of hydrogen-bond donors (Lipinski definition) is 7. The van der Waals surface area contributed by atoms with E-state index in [2.05, 4.69) is 0 Å². The zero-order chi connectivity index (χ0) is 16.9. The first kappa shape index (κ1) is 18.3. The van der Waals surface area contributed by atoms with Gasteiger partial charge in [-0.25, -0.2) is 4.79 Å². The second-order valence-corrected chi connectivity index (χ2v) is 4.63. The average Bonchev–Trinajstić information content (AvgIpc) is 2.49. The highest BCUT2D eigenvalue weighted by molar-refractivity contribution is 5.90. The van der Waals surface area contributed by atoms with Crippen molar-refractivity contribution in [2.75, 3.05) is 6.61 Å². The van der Waals surface area contributed by atoms with Crippen molar-refractivity contribution in [1.29, 1.82) is 0 Å². The van der Waals surface area contributed by atoms with Gasteiger partial charge in [-0.2, -0.15) is 0 Å². The van der Waals surface area contributed by atoms with Crippen molar-refractivity contribution in [3.8, 4) is 5.75 Å². The number of ether oxygens (including phenoxy) is 1. The third kappa shape index (κ3) is 4.37. The molecule has 124 valence electrons. The molecule has 2 rings (SSSR count). The molecule has 1 aromatic rings. The van der Waals surface area contributed by atoms with E-state index in [1.54, 1.807) is 12.1 Å². The quantitative estimate of drug-likeness (QED) is 0.320. The number of rotatable bonds is 2. The number of carbonyl (C=O) groups is 1. The van der Waals surface area contributed by atoms with E-state index < -0.39 is 43.2 Å². The number of aliphatic hydroxyl groups excluding tert-OH is 4. The van der Waals surface area contributed by atoms with E-state index in [0.29, 0.717) is 0 Å². The van der Waals surface area contributed by atoms with Crippen molar-refractivity contribution in [3.63, 3.8) is 0 Å². The second kappa shape index (κ2) is 8.03. The van der Waals surface area contributed by atoms with Gasteiger partial charge in [0.05, 0.1) is 12.6 Å². The standard InChI is InChI=1S/C7H6O3.C6H13NO5/c8-6-4-2-1-3-5(6)7(9)10;7-3-5(10)4(9)2(1-8)12-6(3)11/h1-4,8H,(H,9,10);2-6,8-11H,1,7H2/t;2-,3-,4-,5-,6-/m.1/s1. The minimum Gasteiger partial charge on any atom is -0.507 e. The van der Waals surface area contributed by atoms with E-state index in [1.165, 1.54) is 12.1 Å². The Hall–Kier alpha value is -1.75. The topological polar surface area (TPSA) is 174 Å². The summed E-state index contributed by atoms with van der Waals surface area (Å²) in [6.07, 6.45) is -4.85. The minimum atomic E-state index is -1.35. The summed E-state index contributed by atoms with van der Waals surface area (Å²) in [7, 11) is 0. The van der Waals surface area contributed by atoms with Crippen LogP contribution in [0.4, 0.5) is 0 Å². The molecule has 0 unspecified atom stereocenters. The molecule has 0 amide bonds. The van der Waals surface area contributed by atoms with Crippen LogP contribution in [0.3, 0.4) is 0 Å². The molecule has 0 saturated carbocycles. The molecule has 9 heteroatoms. The Morgan fingerprint density at radius 1 is 1.18 bits per heavy atom. The maximum absolute atomic E-state index is 10.3. The van der Waals surface area contributed by atoms with Gasteiger partial charge in [-0.1, -0.05) is 12.1 Å². The summed E-state index contributed by atoms with van der Waals surface area (Å²) < 4.78 is 4.70. The first-order valence-electron chi connectivity index (χ1n) is 6.37. The SMILES string of the molecule is N[C@@H]1[C@@H](O)[C@H](O)[C@@H](CO)O[C@H]1O.O=C(O)c1ccccc1O. The Kier molecular flexibility index (Phi) is 6.68. The molecule has 1 aromatic carbocycles. The van der Waals surface area contributed by atoms with Gasteiger partial charge >= 0.3 is 5.97 Å². The van der Waals surface area contributed by atoms with Crippen molar-refractivity contribution >= 4 is 5.97 Å². The minimum absolute atomic E-state index is 0.0671. The number of aliphatic hydroxyl groups is 4. The summed E-state index contributed by atoms with van der Waals surface area (Å²) in [6, 6.07) is 4.77. The number of aromatic carboxylic acids is 1. The highest BCUT2D eigenvalue weighted by Gasteiger charge is 2.41. The molecule has 1 fully saturated rings. The highest BCUT2D eigenvalue weighted by Crippen LogP contribution is 2.17. The smallest absolute Gasteiger partial charge is 0.339 e. The maximum Gasteiger partial charge on any atom is 0.339 e. The van der Waals surface area contributed by atoms with Gasteiger partial charge in [-0.15, -0.1) is 0 Å². The van der Waals surface area contributed by atoms with Crippen LogP contribution in [-0.4, -0.2) is 73.9 Å². The molecular weight excluding hydrogens is 298 g/mol. The van der Waals surface area contributed by atoms with Gasteiger partial charge in [-0.3, -0.25) is 0 Å². The van der Waals surface area contributed by atoms with Crippen LogP contribution < -0.4 is 5.73 Å². The molecule has 22 heavy (non-hydrogen) atoms. The van der Waals surface area contributed by atoms with Crippen LogP contribution in [0, 0.1) is 0 Å². The first-order valence-corrected chi connectivity index (χ1v) is 6.37. The Morgan fingerprint density at radius 2 is 1.77 bits per heavy atom. The lowest BCUT2D eigenvalue weighted by Gasteiger charge is -2.38. The summed E-state index contributed by atoms with van der Waals surface area (Å²) in [4.78, 5) is 10.3. The normalized spacial score (nSPS) is 31.0. The van der Waals surface area contributed by atoms with E-state index >= 15 is 0 Å². The van der Waals surface area contributed by atoms with Crippen LogP contribution in [0.2, 0.25) is 0 Å². The highest BCUT2D eigenvalue weighted by atomic mass is 16.6. The molecular formula is C13H19NO8. The lowest BCUT2D eigenvalue weighted by molar-refractivity contribution is -0.248.